The van der Waals surface area contributed by atoms with Gasteiger partial charge in [0.05, 0.1) is 0 Å². The Hall–Kier alpha value is -0.220. The van der Waals surface area contributed by atoms with Gasteiger partial charge in [-0.25, -0.2) is 0 Å². The number of nitrogens with two attached hydrogens (primary N) is 1. The molecule has 0 saturated carbocycles. The lowest BCUT2D eigenvalue weighted by molar-refractivity contribution is 0.217. The van der Waals surface area contributed by atoms with Crippen molar-refractivity contribution in [1.29, 1.82) is 0 Å². The summed E-state index contributed by atoms with van der Waals surface area (Å²) < 4.78 is 0. The van der Waals surface area contributed by atoms with Crippen molar-refractivity contribution in [2.75, 3.05) is 31.1 Å². The zero-order valence-corrected chi connectivity index (χ0v) is 12.4. The second-order valence-electron chi connectivity index (χ2n) is 4.75. The zero-order valence-electron chi connectivity index (χ0n) is 10.9. The lowest BCUT2D eigenvalue weighted by Gasteiger charge is -2.30. The van der Waals surface area contributed by atoms with Crippen LogP contribution in [0, 0.1) is 6.92 Å². The van der Waals surface area contributed by atoms with Crippen LogP contribution in [0.2, 0.25) is 5.02 Å². The second kappa shape index (κ2) is 6.80. The van der Waals surface area contributed by atoms with Crippen molar-refractivity contribution in [3.63, 3.8) is 0 Å². The van der Waals surface area contributed by atoms with E-state index >= 15 is 0 Å². The largest absolute Gasteiger partial charge is 0.329 e. The smallest absolute Gasteiger partial charge is 0.0473 e. The van der Waals surface area contributed by atoms with Gasteiger partial charge in [0, 0.05) is 29.9 Å². The van der Waals surface area contributed by atoms with E-state index in [1.807, 2.05) is 23.9 Å². The molecule has 1 aromatic carbocycles. The molecule has 0 aromatic heterocycles. The standard InChI is InChI=1S/C14H21ClN2S/c1-11-9-12(15)3-4-13(11)14(10-16)17-5-2-7-18-8-6-17/h3-4,9,14H,2,5-8,10,16H2,1H3. The third kappa shape index (κ3) is 3.41. The number of hydrogen-bond acceptors (Lipinski definition) is 3. The number of aryl methyl sites for hydroxylation is 1. The Balaban J connectivity index is 2.20. The van der Waals surface area contributed by atoms with Gasteiger partial charge in [-0.1, -0.05) is 17.7 Å². The summed E-state index contributed by atoms with van der Waals surface area (Å²) in [5, 5.41) is 0.804. The predicted molar refractivity (Wildman–Crippen MR) is 81.5 cm³/mol. The van der Waals surface area contributed by atoms with Crippen LogP contribution in [-0.4, -0.2) is 36.0 Å². The van der Waals surface area contributed by atoms with Gasteiger partial charge in [0.25, 0.3) is 0 Å². The first-order chi connectivity index (χ1) is 8.72. The zero-order chi connectivity index (χ0) is 13.0. The fourth-order valence-corrected chi connectivity index (χ4v) is 3.69. The second-order valence-corrected chi connectivity index (χ2v) is 6.42. The summed E-state index contributed by atoms with van der Waals surface area (Å²) in [7, 11) is 0. The van der Waals surface area contributed by atoms with Crippen LogP contribution in [0.5, 0.6) is 0 Å². The topological polar surface area (TPSA) is 29.3 Å². The van der Waals surface area contributed by atoms with E-state index in [-0.39, 0.29) is 0 Å². The molecule has 1 unspecified atom stereocenters. The molecule has 2 N–H and O–H groups in total. The highest BCUT2D eigenvalue weighted by Gasteiger charge is 2.21. The summed E-state index contributed by atoms with van der Waals surface area (Å²) in [6.45, 7) is 5.08. The van der Waals surface area contributed by atoms with Crippen LogP contribution >= 0.6 is 23.4 Å². The quantitative estimate of drug-likeness (QED) is 0.925. The molecule has 0 aliphatic carbocycles. The molecular formula is C14H21ClN2S. The number of thioether (sulfide) groups is 1. The summed E-state index contributed by atoms with van der Waals surface area (Å²) in [6.07, 6.45) is 1.26. The normalized spacial score (nSPS) is 19.5. The van der Waals surface area contributed by atoms with Gasteiger partial charge in [-0.15, -0.1) is 0 Å². The van der Waals surface area contributed by atoms with Gasteiger partial charge in [-0.2, -0.15) is 11.8 Å². The van der Waals surface area contributed by atoms with Crippen LogP contribution in [-0.2, 0) is 0 Å². The molecule has 1 saturated heterocycles. The molecule has 0 radical (unpaired) electrons. The number of rotatable bonds is 3. The Labute approximate surface area is 119 Å². The van der Waals surface area contributed by atoms with Gasteiger partial charge in [0.2, 0.25) is 0 Å². The first-order valence-electron chi connectivity index (χ1n) is 6.50. The van der Waals surface area contributed by atoms with Gasteiger partial charge in [-0.05, 0) is 48.9 Å². The molecule has 1 heterocycles. The van der Waals surface area contributed by atoms with E-state index in [0.717, 1.165) is 18.1 Å². The summed E-state index contributed by atoms with van der Waals surface area (Å²) in [6, 6.07) is 6.47. The molecule has 1 aliphatic heterocycles. The number of halogens is 1. The maximum absolute atomic E-state index is 6.03. The Kier molecular flexibility index (Phi) is 5.37. The molecular weight excluding hydrogens is 264 g/mol. The SMILES string of the molecule is Cc1cc(Cl)ccc1C(CN)N1CCCSCC1. The maximum Gasteiger partial charge on any atom is 0.0473 e. The Morgan fingerprint density at radius 2 is 2.22 bits per heavy atom. The van der Waals surface area contributed by atoms with Gasteiger partial charge in [0.15, 0.2) is 0 Å². The van der Waals surface area contributed by atoms with Crippen molar-refractivity contribution in [1.82, 2.24) is 4.90 Å². The van der Waals surface area contributed by atoms with Gasteiger partial charge < -0.3 is 5.73 Å². The van der Waals surface area contributed by atoms with Crippen molar-refractivity contribution >= 4 is 23.4 Å². The van der Waals surface area contributed by atoms with Crippen molar-refractivity contribution in [3.8, 4) is 0 Å². The number of nitrogens with zero attached hydrogens (tertiary/aromatic N) is 1. The monoisotopic (exact) mass is 284 g/mol. The van der Waals surface area contributed by atoms with E-state index in [0.29, 0.717) is 12.6 Å². The van der Waals surface area contributed by atoms with Crippen LogP contribution < -0.4 is 5.73 Å². The van der Waals surface area contributed by atoms with Crippen LogP contribution in [0.15, 0.2) is 18.2 Å². The predicted octanol–water partition coefficient (Wildman–Crippen LogP) is 3.09. The molecule has 100 valence electrons. The average Bonchev–Trinajstić information content (AvgIpc) is 2.62. The van der Waals surface area contributed by atoms with Crippen LogP contribution in [0.1, 0.15) is 23.6 Å². The van der Waals surface area contributed by atoms with Crippen LogP contribution in [0.3, 0.4) is 0 Å². The highest BCUT2D eigenvalue weighted by Crippen LogP contribution is 2.27. The van der Waals surface area contributed by atoms with E-state index in [4.69, 9.17) is 17.3 Å². The van der Waals surface area contributed by atoms with E-state index in [1.165, 1.54) is 29.1 Å². The van der Waals surface area contributed by atoms with Crippen molar-refractivity contribution in [2.45, 2.75) is 19.4 Å². The van der Waals surface area contributed by atoms with Gasteiger partial charge >= 0.3 is 0 Å². The average molecular weight is 285 g/mol. The number of hydrogen-bond donors (Lipinski definition) is 1. The van der Waals surface area contributed by atoms with E-state index < -0.39 is 0 Å². The molecule has 1 atom stereocenters. The molecule has 1 fully saturated rings. The summed E-state index contributed by atoms with van der Waals surface area (Å²) in [4.78, 5) is 2.52. The minimum atomic E-state index is 0.334. The lowest BCUT2D eigenvalue weighted by atomic mass is 9.99. The minimum Gasteiger partial charge on any atom is -0.329 e. The van der Waals surface area contributed by atoms with Crippen LogP contribution in [0.4, 0.5) is 0 Å². The highest BCUT2D eigenvalue weighted by atomic mass is 35.5. The summed E-state index contributed by atoms with van der Waals surface area (Å²) in [5.41, 5.74) is 8.58. The molecule has 0 spiro atoms. The summed E-state index contributed by atoms with van der Waals surface area (Å²) in [5.74, 6) is 2.48. The molecule has 1 aliphatic rings. The van der Waals surface area contributed by atoms with E-state index in [9.17, 15) is 0 Å². The maximum atomic E-state index is 6.03. The number of benzene rings is 1. The van der Waals surface area contributed by atoms with Crippen molar-refractivity contribution in [2.24, 2.45) is 5.73 Å². The minimum absolute atomic E-state index is 0.334. The van der Waals surface area contributed by atoms with E-state index in [2.05, 4.69) is 17.9 Å². The molecule has 1 aromatic rings. The molecule has 0 bridgehead atoms. The molecule has 18 heavy (non-hydrogen) atoms. The molecule has 2 nitrogen and oxygen atoms in total. The van der Waals surface area contributed by atoms with Gasteiger partial charge in [-0.3, -0.25) is 4.90 Å². The Morgan fingerprint density at radius 1 is 1.39 bits per heavy atom. The molecule has 4 heteroatoms. The van der Waals surface area contributed by atoms with Gasteiger partial charge in [0.1, 0.15) is 0 Å². The Morgan fingerprint density at radius 3 is 2.94 bits per heavy atom. The lowest BCUT2D eigenvalue weighted by Crippen LogP contribution is -2.35. The first-order valence-corrected chi connectivity index (χ1v) is 8.03. The highest BCUT2D eigenvalue weighted by molar-refractivity contribution is 7.99. The molecule has 0 amide bonds. The molecule has 2 rings (SSSR count). The van der Waals surface area contributed by atoms with E-state index in [1.54, 1.807) is 0 Å². The third-order valence-electron chi connectivity index (χ3n) is 3.51. The van der Waals surface area contributed by atoms with Crippen LogP contribution in [0.25, 0.3) is 0 Å². The summed E-state index contributed by atoms with van der Waals surface area (Å²) >= 11 is 8.07. The Bertz CT molecular complexity index is 389. The fraction of sp³-hybridized carbons (Fsp3) is 0.571. The first kappa shape index (κ1) is 14.2. The third-order valence-corrected chi connectivity index (χ3v) is 4.80. The van der Waals surface area contributed by atoms with Crippen molar-refractivity contribution < 1.29 is 0 Å². The fourth-order valence-electron chi connectivity index (χ4n) is 2.56. The van der Waals surface area contributed by atoms with Crippen molar-refractivity contribution in [3.05, 3.63) is 34.3 Å².